The van der Waals surface area contributed by atoms with Gasteiger partial charge in [0.2, 0.25) is 15.9 Å². The van der Waals surface area contributed by atoms with Crippen molar-refractivity contribution in [2.75, 3.05) is 7.05 Å². The molecule has 2 fully saturated rings. The van der Waals surface area contributed by atoms with E-state index in [0.29, 0.717) is 12.4 Å². The number of nitrogens with one attached hydrogen (secondary N) is 1. The van der Waals surface area contributed by atoms with Crippen LogP contribution in [0.5, 0.6) is 5.75 Å². The van der Waals surface area contributed by atoms with Gasteiger partial charge in [0.25, 0.3) is 0 Å². The summed E-state index contributed by atoms with van der Waals surface area (Å²) in [6.07, 6.45) is 2.57. The summed E-state index contributed by atoms with van der Waals surface area (Å²) >= 11 is 0. The van der Waals surface area contributed by atoms with Gasteiger partial charge in [-0.05, 0) is 74.4 Å². The molecule has 0 saturated heterocycles. The van der Waals surface area contributed by atoms with E-state index in [0.717, 1.165) is 41.4 Å². The van der Waals surface area contributed by atoms with E-state index in [-0.39, 0.29) is 16.7 Å². The second kappa shape index (κ2) is 9.22. The molecule has 184 valence electrons. The number of sulfonamides is 1. The van der Waals surface area contributed by atoms with Crippen LogP contribution in [0.4, 0.5) is 0 Å². The van der Waals surface area contributed by atoms with Crippen LogP contribution in [0.2, 0.25) is 0 Å². The Kier molecular flexibility index (Phi) is 6.25. The van der Waals surface area contributed by atoms with E-state index in [4.69, 9.17) is 4.74 Å². The SMILES string of the molecule is Cc1cc(COc2ccc(S(=O)(=O)N(C)[C@H]3C4CCC(C4)[C@H]3C(=O)NO)cc2)c2ccccc2n1. The van der Waals surface area contributed by atoms with Crippen molar-refractivity contribution in [3.63, 3.8) is 0 Å². The van der Waals surface area contributed by atoms with E-state index in [1.54, 1.807) is 17.6 Å². The molecule has 1 aromatic heterocycles. The molecule has 2 unspecified atom stereocenters. The highest BCUT2D eigenvalue weighted by Gasteiger charge is 2.54. The van der Waals surface area contributed by atoms with Crippen LogP contribution in [0.3, 0.4) is 0 Å². The average molecular weight is 496 g/mol. The quantitative estimate of drug-likeness (QED) is 0.383. The summed E-state index contributed by atoms with van der Waals surface area (Å²) in [5.41, 5.74) is 4.55. The predicted molar refractivity (Wildman–Crippen MR) is 130 cm³/mol. The third kappa shape index (κ3) is 4.28. The number of ether oxygens (including phenoxy) is 1. The number of fused-ring (bicyclic) bond motifs is 3. The Balaban J connectivity index is 1.33. The summed E-state index contributed by atoms with van der Waals surface area (Å²) in [6, 6.07) is 15.8. The van der Waals surface area contributed by atoms with E-state index in [1.807, 2.05) is 37.3 Å². The summed E-state index contributed by atoms with van der Waals surface area (Å²) in [5.74, 6) is -0.281. The number of aromatic nitrogens is 1. The highest BCUT2D eigenvalue weighted by molar-refractivity contribution is 7.89. The zero-order valence-corrected chi connectivity index (χ0v) is 20.5. The average Bonchev–Trinajstić information content (AvgIpc) is 3.48. The first-order chi connectivity index (χ1) is 16.8. The Morgan fingerprint density at radius 3 is 2.60 bits per heavy atom. The van der Waals surface area contributed by atoms with Crippen LogP contribution in [-0.4, -0.2) is 41.9 Å². The third-order valence-electron chi connectivity index (χ3n) is 7.53. The summed E-state index contributed by atoms with van der Waals surface area (Å²) < 4.78 is 34.1. The molecule has 5 rings (SSSR count). The summed E-state index contributed by atoms with van der Waals surface area (Å²) in [6.45, 7) is 2.27. The molecule has 1 amide bonds. The predicted octanol–water partition coefficient (Wildman–Crippen LogP) is 3.66. The van der Waals surface area contributed by atoms with Crippen molar-refractivity contribution >= 4 is 26.8 Å². The van der Waals surface area contributed by atoms with Crippen molar-refractivity contribution in [2.24, 2.45) is 17.8 Å². The molecule has 35 heavy (non-hydrogen) atoms. The van der Waals surface area contributed by atoms with Crippen LogP contribution in [-0.2, 0) is 21.4 Å². The van der Waals surface area contributed by atoms with E-state index in [1.165, 1.54) is 23.5 Å². The molecule has 3 aromatic rings. The number of hydroxylamine groups is 1. The molecular weight excluding hydrogens is 466 g/mol. The van der Waals surface area contributed by atoms with Crippen molar-refractivity contribution in [3.8, 4) is 5.75 Å². The van der Waals surface area contributed by atoms with E-state index < -0.39 is 27.9 Å². The highest BCUT2D eigenvalue weighted by atomic mass is 32.2. The molecule has 1 heterocycles. The van der Waals surface area contributed by atoms with Gasteiger partial charge in [-0.15, -0.1) is 0 Å². The fourth-order valence-electron chi connectivity index (χ4n) is 5.94. The van der Waals surface area contributed by atoms with Crippen LogP contribution in [0.25, 0.3) is 10.9 Å². The van der Waals surface area contributed by atoms with Gasteiger partial charge in [-0.3, -0.25) is 15.0 Å². The number of rotatable bonds is 7. The molecule has 0 aliphatic heterocycles. The fraction of sp³-hybridized carbons (Fsp3) is 0.385. The number of benzene rings is 2. The normalized spacial score (nSPS) is 23.7. The minimum Gasteiger partial charge on any atom is -0.489 e. The molecule has 2 bridgehead atoms. The number of hydrogen-bond donors (Lipinski definition) is 2. The lowest BCUT2D eigenvalue weighted by Gasteiger charge is -2.35. The van der Waals surface area contributed by atoms with Crippen LogP contribution >= 0.6 is 0 Å². The number of aryl methyl sites for hydroxylation is 1. The maximum Gasteiger partial charge on any atom is 0.248 e. The largest absolute Gasteiger partial charge is 0.489 e. The van der Waals surface area contributed by atoms with Gasteiger partial charge in [0.05, 0.1) is 16.3 Å². The van der Waals surface area contributed by atoms with Crippen LogP contribution in [0.15, 0.2) is 59.5 Å². The zero-order valence-electron chi connectivity index (χ0n) is 19.7. The molecule has 9 heteroatoms. The second-order valence-corrected chi connectivity index (χ2v) is 11.5. The Hall–Kier alpha value is -3.01. The molecule has 0 radical (unpaired) electrons. The lowest BCUT2D eigenvalue weighted by atomic mass is 9.84. The first-order valence-corrected chi connectivity index (χ1v) is 13.2. The highest BCUT2D eigenvalue weighted by Crippen LogP contribution is 2.51. The summed E-state index contributed by atoms with van der Waals surface area (Å²) in [7, 11) is -2.30. The van der Waals surface area contributed by atoms with Gasteiger partial charge >= 0.3 is 0 Å². The number of carbonyl (C=O) groups excluding carboxylic acids is 1. The Labute approximate surface area is 204 Å². The topological polar surface area (TPSA) is 109 Å². The molecular formula is C26H29N3O5S. The van der Waals surface area contributed by atoms with Gasteiger partial charge in [-0.2, -0.15) is 4.31 Å². The van der Waals surface area contributed by atoms with Crippen molar-refractivity contribution in [1.29, 1.82) is 0 Å². The lowest BCUT2D eigenvalue weighted by molar-refractivity contribution is -0.136. The Morgan fingerprint density at radius 1 is 1.14 bits per heavy atom. The number of pyridine rings is 1. The second-order valence-electron chi connectivity index (χ2n) is 9.55. The minimum absolute atomic E-state index is 0.0958. The van der Waals surface area contributed by atoms with Crippen molar-refractivity contribution < 1.29 is 23.2 Å². The molecule has 8 nitrogen and oxygen atoms in total. The lowest BCUT2D eigenvalue weighted by Crippen LogP contribution is -2.50. The Bertz CT molecular complexity index is 1360. The number of nitrogens with zero attached hydrogens (tertiary/aromatic N) is 2. The molecule has 2 saturated carbocycles. The summed E-state index contributed by atoms with van der Waals surface area (Å²) in [4.78, 5) is 17.0. The van der Waals surface area contributed by atoms with Crippen molar-refractivity contribution in [2.45, 2.75) is 43.7 Å². The first-order valence-electron chi connectivity index (χ1n) is 11.8. The van der Waals surface area contributed by atoms with Crippen LogP contribution < -0.4 is 10.2 Å². The maximum absolute atomic E-state index is 13.4. The molecule has 2 aliphatic carbocycles. The third-order valence-corrected chi connectivity index (χ3v) is 9.40. The number of carbonyl (C=O) groups is 1. The number of amides is 1. The standard InChI is InChI=1S/C26H29N3O5S/c1-16-13-19(22-5-3-4-6-23(22)27-16)15-34-20-9-11-21(12-10-20)35(32,33)29(2)25-18-8-7-17(14-18)24(25)26(30)28-31/h3-6,9-13,17-18,24-25,31H,7-8,14-15H2,1-2H3,(H,28,30)/t17?,18?,24-,25+/m1/s1. The molecule has 0 spiro atoms. The molecule has 2 N–H and O–H groups in total. The van der Waals surface area contributed by atoms with Gasteiger partial charge in [0.15, 0.2) is 0 Å². The molecule has 2 aliphatic rings. The first kappa shape index (κ1) is 23.7. The fourth-order valence-corrected chi connectivity index (χ4v) is 7.37. The maximum atomic E-state index is 13.4. The number of hydrogen-bond acceptors (Lipinski definition) is 6. The van der Waals surface area contributed by atoms with Gasteiger partial charge < -0.3 is 4.74 Å². The van der Waals surface area contributed by atoms with Crippen LogP contribution in [0.1, 0.15) is 30.5 Å². The van der Waals surface area contributed by atoms with Gasteiger partial charge in [-0.25, -0.2) is 13.9 Å². The molecule has 2 aromatic carbocycles. The van der Waals surface area contributed by atoms with E-state index >= 15 is 0 Å². The van der Waals surface area contributed by atoms with E-state index in [2.05, 4.69) is 4.98 Å². The van der Waals surface area contributed by atoms with Crippen LogP contribution in [0, 0.1) is 24.7 Å². The summed E-state index contributed by atoms with van der Waals surface area (Å²) in [5, 5.41) is 10.2. The number of para-hydroxylation sites is 1. The monoisotopic (exact) mass is 495 g/mol. The van der Waals surface area contributed by atoms with Gasteiger partial charge in [-0.1, -0.05) is 18.2 Å². The van der Waals surface area contributed by atoms with Crippen molar-refractivity contribution in [1.82, 2.24) is 14.8 Å². The zero-order chi connectivity index (χ0) is 24.7. The molecule has 4 atom stereocenters. The van der Waals surface area contributed by atoms with Gasteiger partial charge in [0.1, 0.15) is 12.4 Å². The minimum atomic E-state index is -3.83. The van der Waals surface area contributed by atoms with E-state index in [9.17, 15) is 18.4 Å². The Morgan fingerprint density at radius 2 is 1.86 bits per heavy atom. The van der Waals surface area contributed by atoms with Gasteiger partial charge in [0, 0.05) is 29.7 Å². The smallest absolute Gasteiger partial charge is 0.248 e. The van der Waals surface area contributed by atoms with Crippen molar-refractivity contribution in [3.05, 3.63) is 65.9 Å².